The summed E-state index contributed by atoms with van der Waals surface area (Å²) in [5.74, 6) is 0.207. The van der Waals surface area contributed by atoms with Gasteiger partial charge in [0.05, 0.1) is 12.8 Å². The van der Waals surface area contributed by atoms with Gasteiger partial charge in [-0.05, 0) is 36.4 Å². The summed E-state index contributed by atoms with van der Waals surface area (Å²) in [5, 5.41) is 0. The molecule has 2 aromatic carbocycles. The fraction of sp³-hybridized carbons (Fsp3) is 0.0625. The Bertz CT molecular complexity index is 781. The molecule has 124 valence electrons. The molecule has 8 heteroatoms. The Labute approximate surface area is 138 Å². The van der Waals surface area contributed by atoms with Crippen molar-refractivity contribution in [3.05, 3.63) is 54.1 Å². The second-order valence-corrected chi connectivity index (χ2v) is 4.59. The zero-order chi connectivity index (χ0) is 17.5. The van der Waals surface area contributed by atoms with E-state index in [1.54, 1.807) is 48.5 Å². The van der Waals surface area contributed by atoms with E-state index in [1.807, 2.05) is 0 Å². The molecule has 0 spiro atoms. The standard InChI is InChI=1S/C16H17N5O3/c1-23-14(22)12-4-2-3-5-13(12)24-11-8-6-10(7-9-11)20-16(19)21-15(17)18/h2-9H,1H3,(H6,17,18,19,20,21). The Morgan fingerprint density at radius 1 is 1.00 bits per heavy atom. The molecule has 0 atom stereocenters. The maximum absolute atomic E-state index is 11.7. The van der Waals surface area contributed by atoms with Crippen LogP contribution in [-0.4, -0.2) is 25.0 Å². The van der Waals surface area contributed by atoms with Crippen LogP contribution in [0.1, 0.15) is 10.4 Å². The van der Waals surface area contributed by atoms with Gasteiger partial charge in [0.15, 0.2) is 5.96 Å². The SMILES string of the molecule is COC(=O)c1ccccc1Oc1ccc(N=C(N)N=C(N)N)cc1. The molecule has 0 bridgehead atoms. The van der Waals surface area contributed by atoms with Gasteiger partial charge in [-0.3, -0.25) is 0 Å². The summed E-state index contributed by atoms with van der Waals surface area (Å²) in [5.41, 5.74) is 16.9. The Morgan fingerprint density at radius 2 is 1.67 bits per heavy atom. The minimum atomic E-state index is -0.475. The average molecular weight is 327 g/mol. The molecule has 8 nitrogen and oxygen atoms in total. The van der Waals surface area contributed by atoms with Crippen molar-refractivity contribution in [1.29, 1.82) is 0 Å². The summed E-state index contributed by atoms with van der Waals surface area (Å²) in [6.07, 6.45) is 0. The van der Waals surface area contributed by atoms with Crippen LogP contribution in [0.15, 0.2) is 58.5 Å². The molecule has 0 aliphatic rings. The van der Waals surface area contributed by atoms with Gasteiger partial charge in [0.2, 0.25) is 5.96 Å². The van der Waals surface area contributed by atoms with Crippen molar-refractivity contribution in [3.8, 4) is 11.5 Å². The molecule has 24 heavy (non-hydrogen) atoms. The lowest BCUT2D eigenvalue weighted by Gasteiger charge is -2.09. The van der Waals surface area contributed by atoms with Crippen molar-refractivity contribution < 1.29 is 14.3 Å². The third-order valence-electron chi connectivity index (χ3n) is 2.84. The maximum Gasteiger partial charge on any atom is 0.341 e. The highest BCUT2D eigenvalue weighted by Crippen LogP contribution is 2.27. The normalized spacial score (nSPS) is 10.8. The summed E-state index contributed by atoms with van der Waals surface area (Å²) in [7, 11) is 1.31. The van der Waals surface area contributed by atoms with Crippen molar-refractivity contribution in [3.63, 3.8) is 0 Å². The molecule has 6 N–H and O–H groups in total. The number of ether oxygens (including phenoxy) is 2. The van der Waals surface area contributed by atoms with Crippen LogP contribution >= 0.6 is 0 Å². The molecule has 0 unspecified atom stereocenters. The van der Waals surface area contributed by atoms with Gasteiger partial charge in [-0.1, -0.05) is 12.1 Å². The predicted molar refractivity (Wildman–Crippen MR) is 91.4 cm³/mol. The van der Waals surface area contributed by atoms with Crippen molar-refractivity contribution in [2.24, 2.45) is 27.2 Å². The van der Waals surface area contributed by atoms with Gasteiger partial charge in [0, 0.05) is 0 Å². The van der Waals surface area contributed by atoms with Gasteiger partial charge in [-0.25, -0.2) is 9.79 Å². The molecule has 0 aromatic heterocycles. The Morgan fingerprint density at radius 3 is 2.29 bits per heavy atom. The monoisotopic (exact) mass is 327 g/mol. The largest absolute Gasteiger partial charge is 0.465 e. The second kappa shape index (κ2) is 7.63. The number of carbonyl (C=O) groups excluding carboxylic acids is 1. The Balaban J connectivity index is 2.19. The van der Waals surface area contributed by atoms with Gasteiger partial charge in [-0.15, -0.1) is 0 Å². The van der Waals surface area contributed by atoms with E-state index in [4.69, 9.17) is 26.7 Å². The zero-order valence-corrected chi connectivity index (χ0v) is 13.0. The van der Waals surface area contributed by atoms with Gasteiger partial charge >= 0.3 is 5.97 Å². The number of hydrogen-bond donors (Lipinski definition) is 3. The highest BCUT2D eigenvalue weighted by atomic mass is 16.5. The molecular formula is C16H17N5O3. The first kappa shape index (κ1) is 16.8. The van der Waals surface area contributed by atoms with Crippen LogP contribution in [0.25, 0.3) is 0 Å². The summed E-state index contributed by atoms with van der Waals surface area (Å²) in [6.45, 7) is 0. The lowest BCUT2D eigenvalue weighted by molar-refractivity contribution is 0.0598. The third-order valence-corrected chi connectivity index (χ3v) is 2.84. The van der Waals surface area contributed by atoms with Crippen molar-refractivity contribution >= 4 is 23.6 Å². The average Bonchev–Trinajstić information content (AvgIpc) is 2.55. The predicted octanol–water partition coefficient (Wildman–Crippen LogP) is 1.49. The molecule has 0 saturated heterocycles. The number of guanidine groups is 2. The van der Waals surface area contributed by atoms with E-state index in [0.717, 1.165) is 0 Å². The minimum Gasteiger partial charge on any atom is -0.465 e. The molecule has 0 radical (unpaired) electrons. The topological polar surface area (TPSA) is 138 Å². The van der Waals surface area contributed by atoms with Crippen molar-refractivity contribution in [2.75, 3.05) is 7.11 Å². The van der Waals surface area contributed by atoms with Gasteiger partial charge in [0.25, 0.3) is 0 Å². The first-order valence-electron chi connectivity index (χ1n) is 6.88. The fourth-order valence-electron chi connectivity index (χ4n) is 1.84. The van der Waals surface area contributed by atoms with E-state index < -0.39 is 5.97 Å². The minimum absolute atomic E-state index is 0.0558. The molecular weight excluding hydrogens is 310 g/mol. The van der Waals surface area contributed by atoms with Crippen LogP contribution in [0.5, 0.6) is 11.5 Å². The number of nitrogens with zero attached hydrogens (tertiary/aromatic N) is 2. The van der Waals surface area contributed by atoms with Crippen LogP contribution in [0.3, 0.4) is 0 Å². The highest BCUT2D eigenvalue weighted by Gasteiger charge is 2.12. The molecule has 0 aliphatic carbocycles. The number of carbonyl (C=O) groups is 1. The van der Waals surface area contributed by atoms with E-state index in [-0.39, 0.29) is 11.9 Å². The summed E-state index contributed by atoms with van der Waals surface area (Å²) in [6, 6.07) is 13.5. The fourth-order valence-corrected chi connectivity index (χ4v) is 1.84. The molecule has 0 amide bonds. The third kappa shape index (κ3) is 4.47. The number of aliphatic imine (C=N–C) groups is 2. The number of methoxy groups -OCH3 is 1. The molecule has 0 aliphatic heterocycles. The van der Waals surface area contributed by atoms with Gasteiger partial charge in [-0.2, -0.15) is 4.99 Å². The number of nitrogens with two attached hydrogens (primary N) is 3. The first-order valence-corrected chi connectivity index (χ1v) is 6.88. The zero-order valence-electron chi connectivity index (χ0n) is 13.0. The lowest BCUT2D eigenvalue weighted by atomic mass is 10.2. The number of esters is 1. The van der Waals surface area contributed by atoms with Crippen LogP contribution in [-0.2, 0) is 4.74 Å². The number of hydrogen-bond acceptors (Lipinski definition) is 4. The summed E-state index contributed by atoms with van der Waals surface area (Å²) in [4.78, 5) is 19.4. The van der Waals surface area contributed by atoms with E-state index in [9.17, 15) is 4.79 Å². The van der Waals surface area contributed by atoms with Crippen LogP contribution in [0.2, 0.25) is 0 Å². The number of para-hydroxylation sites is 1. The van der Waals surface area contributed by atoms with Crippen molar-refractivity contribution in [1.82, 2.24) is 0 Å². The molecule has 2 aromatic rings. The van der Waals surface area contributed by atoms with Crippen molar-refractivity contribution in [2.45, 2.75) is 0 Å². The summed E-state index contributed by atoms with van der Waals surface area (Å²) < 4.78 is 10.4. The van der Waals surface area contributed by atoms with Gasteiger partial charge < -0.3 is 26.7 Å². The van der Waals surface area contributed by atoms with Crippen LogP contribution in [0.4, 0.5) is 5.69 Å². The highest BCUT2D eigenvalue weighted by molar-refractivity contribution is 5.93. The van der Waals surface area contributed by atoms with Crippen LogP contribution < -0.4 is 21.9 Å². The number of rotatable bonds is 4. The Hall–Kier alpha value is -3.55. The maximum atomic E-state index is 11.7. The molecule has 0 fully saturated rings. The van der Waals surface area contributed by atoms with E-state index in [1.165, 1.54) is 7.11 Å². The first-order chi connectivity index (χ1) is 11.5. The van der Waals surface area contributed by atoms with Gasteiger partial charge in [0.1, 0.15) is 17.1 Å². The summed E-state index contributed by atoms with van der Waals surface area (Å²) >= 11 is 0. The molecule has 0 saturated carbocycles. The van der Waals surface area contributed by atoms with E-state index in [0.29, 0.717) is 22.7 Å². The van der Waals surface area contributed by atoms with E-state index in [2.05, 4.69) is 9.98 Å². The second-order valence-electron chi connectivity index (χ2n) is 4.59. The smallest absolute Gasteiger partial charge is 0.341 e. The number of benzene rings is 2. The molecule has 0 heterocycles. The Kier molecular flexibility index (Phi) is 5.35. The van der Waals surface area contributed by atoms with E-state index >= 15 is 0 Å². The molecule has 2 rings (SSSR count). The van der Waals surface area contributed by atoms with Crippen LogP contribution in [0, 0.1) is 0 Å². The lowest BCUT2D eigenvalue weighted by Crippen LogP contribution is -2.26. The quantitative estimate of drug-likeness (QED) is 0.442.